The van der Waals surface area contributed by atoms with Gasteiger partial charge in [0.1, 0.15) is 5.82 Å². The fourth-order valence-corrected chi connectivity index (χ4v) is 4.96. The number of likely N-dealkylation sites (tertiary alicyclic amines) is 1. The molecule has 0 bridgehead atoms. The topological polar surface area (TPSA) is 50.2 Å². The fourth-order valence-electron chi connectivity index (χ4n) is 4.96. The molecule has 2 fully saturated rings. The van der Waals surface area contributed by atoms with Crippen LogP contribution in [0.5, 0.6) is 0 Å². The van der Waals surface area contributed by atoms with E-state index < -0.39 is 12.2 Å². The van der Waals surface area contributed by atoms with Crippen molar-refractivity contribution in [2.45, 2.75) is 82.5 Å². The lowest BCUT2D eigenvalue weighted by molar-refractivity contribution is -0.173. The van der Waals surface area contributed by atoms with Crippen LogP contribution in [-0.4, -0.2) is 45.9 Å². The first-order valence-corrected chi connectivity index (χ1v) is 10.6. The molecule has 0 aromatic carbocycles. The maximum Gasteiger partial charge on any atom is 0.410 e. The molecular formula is C20H29F3N4O. The quantitative estimate of drug-likeness (QED) is 0.817. The number of piperidine rings is 1. The second kappa shape index (κ2) is 7.59. The van der Waals surface area contributed by atoms with Crippen LogP contribution in [0.15, 0.2) is 6.07 Å². The SMILES string of the molecule is CC[C@@H]1C[C@H](C(F)(F)F)n2nc(C3CCN(C(=O)C4CCCC4)CC3)cc2N1. The summed E-state index contributed by atoms with van der Waals surface area (Å²) in [4.78, 5) is 14.5. The average Bonchev–Trinajstić information content (AvgIpc) is 3.35. The summed E-state index contributed by atoms with van der Waals surface area (Å²) in [6.45, 7) is 3.25. The van der Waals surface area contributed by atoms with Gasteiger partial charge in [-0.2, -0.15) is 18.3 Å². The second-order valence-corrected chi connectivity index (χ2v) is 8.52. The summed E-state index contributed by atoms with van der Waals surface area (Å²) in [5, 5.41) is 7.58. The van der Waals surface area contributed by atoms with Gasteiger partial charge in [-0.1, -0.05) is 19.8 Å². The van der Waals surface area contributed by atoms with E-state index in [1.54, 1.807) is 6.07 Å². The van der Waals surface area contributed by atoms with Gasteiger partial charge in [-0.25, -0.2) is 4.68 Å². The Morgan fingerprint density at radius 1 is 1.21 bits per heavy atom. The molecule has 156 valence electrons. The summed E-state index contributed by atoms with van der Waals surface area (Å²) in [7, 11) is 0. The van der Waals surface area contributed by atoms with Crippen molar-refractivity contribution in [2.24, 2.45) is 5.92 Å². The molecule has 1 N–H and O–H groups in total. The summed E-state index contributed by atoms with van der Waals surface area (Å²) >= 11 is 0. The van der Waals surface area contributed by atoms with Gasteiger partial charge in [0.05, 0.1) is 5.69 Å². The first-order chi connectivity index (χ1) is 13.4. The molecule has 3 aliphatic rings. The highest BCUT2D eigenvalue weighted by Crippen LogP contribution is 2.41. The van der Waals surface area contributed by atoms with E-state index in [-0.39, 0.29) is 30.2 Å². The molecule has 5 nitrogen and oxygen atoms in total. The standard InChI is InChI=1S/C20H29F3N4O/c1-2-15-11-17(20(21,22)23)27-18(24-15)12-16(25-27)13-7-9-26(10-8-13)19(28)14-5-3-4-6-14/h12-15,17,24H,2-11H2,1H3/t15-,17-/m1/s1. The van der Waals surface area contributed by atoms with Crippen LogP contribution in [0.2, 0.25) is 0 Å². The number of aromatic nitrogens is 2. The van der Waals surface area contributed by atoms with Gasteiger partial charge in [0.15, 0.2) is 6.04 Å². The van der Waals surface area contributed by atoms with E-state index in [4.69, 9.17) is 0 Å². The van der Waals surface area contributed by atoms with Gasteiger partial charge in [0.25, 0.3) is 0 Å². The Bertz CT molecular complexity index is 703. The molecule has 8 heteroatoms. The maximum absolute atomic E-state index is 13.5. The highest BCUT2D eigenvalue weighted by atomic mass is 19.4. The van der Waals surface area contributed by atoms with Gasteiger partial charge in [0.2, 0.25) is 5.91 Å². The number of nitrogens with one attached hydrogen (secondary N) is 1. The zero-order chi connectivity index (χ0) is 19.9. The lowest BCUT2D eigenvalue weighted by Crippen LogP contribution is -2.41. The van der Waals surface area contributed by atoms with E-state index >= 15 is 0 Å². The summed E-state index contributed by atoms with van der Waals surface area (Å²) in [5.74, 6) is 1.03. The predicted octanol–water partition coefficient (Wildman–Crippen LogP) is 4.48. The van der Waals surface area contributed by atoms with Crippen molar-refractivity contribution in [3.05, 3.63) is 11.8 Å². The number of alkyl halides is 3. The molecule has 1 aliphatic carbocycles. The van der Waals surface area contributed by atoms with Crippen LogP contribution in [0.1, 0.15) is 75.9 Å². The monoisotopic (exact) mass is 398 g/mol. The number of hydrogen-bond donors (Lipinski definition) is 1. The van der Waals surface area contributed by atoms with Crippen molar-refractivity contribution in [1.29, 1.82) is 0 Å². The molecule has 28 heavy (non-hydrogen) atoms. The van der Waals surface area contributed by atoms with Crippen LogP contribution < -0.4 is 5.32 Å². The largest absolute Gasteiger partial charge is 0.410 e. The molecular weight excluding hydrogens is 369 g/mol. The van der Waals surface area contributed by atoms with Crippen LogP contribution in [0, 0.1) is 5.92 Å². The van der Waals surface area contributed by atoms with Crippen LogP contribution in [-0.2, 0) is 4.79 Å². The Balaban J connectivity index is 1.45. The number of amides is 1. The van der Waals surface area contributed by atoms with Crippen molar-refractivity contribution in [3.8, 4) is 0 Å². The fraction of sp³-hybridized carbons (Fsp3) is 0.800. The molecule has 4 rings (SSSR count). The molecule has 0 radical (unpaired) electrons. The Morgan fingerprint density at radius 3 is 2.50 bits per heavy atom. The molecule has 0 unspecified atom stereocenters. The van der Waals surface area contributed by atoms with Crippen LogP contribution in [0.3, 0.4) is 0 Å². The summed E-state index contributed by atoms with van der Waals surface area (Å²) in [6.07, 6.45) is 2.16. The third-order valence-corrected chi connectivity index (χ3v) is 6.71. The van der Waals surface area contributed by atoms with Gasteiger partial charge < -0.3 is 10.2 Å². The predicted molar refractivity (Wildman–Crippen MR) is 100 cm³/mol. The Labute approximate surface area is 163 Å². The number of fused-ring (bicyclic) bond motifs is 1. The minimum Gasteiger partial charge on any atom is -0.367 e. The van der Waals surface area contributed by atoms with E-state index in [1.165, 1.54) is 0 Å². The van der Waals surface area contributed by atoms with Crippen molar-refractivity contribution < 1.29 is 18.0 Å². The van der Waals surface area contributed by atoms with Crippen molar-refractivity contribution >= 4 is 11.7 Å². The smallest absolute Gasteiger partial charge is 0.367 e. The second-order valence-electron chi connectivity index (χ2n) is 8.52. The third kappa shape index (κ3) is 3.74. The molecule has 1 saturated carbocycles. The molecule has 2 atom stereocenters. The maximum atomic E-state index is 13.5. The molecule has 1 aromatic rings. The minimum atomic E-state index is -4.30. The van der Waals surface area contributed by atoms with Crippen molar-refractivity contribution in [2.75, 3.05) is 18.4 Å². The average molecular weight is 398 g/mol. The third-order valence-electron chi connectivity index (χ3n) is 6.71. The van der Waals surface area contributed by atoms with Gasteiger partial charge >= 0.3 is 6.18 Å². The van der Waals surface area contributed by atoms with E-state index in [1.807, 2.05) is 11.8 Å². The zero-order valence-electron chi connectivity index (χ0n) is 16.3. The number of nitrogens with zero attached hydrogens (tertiary/aromatic N) is 3. The number of halogens is 3. The first kappa shape index (κ1) is 19.6. The molecule has 0 spiro atoms. The van der Waals surface area contributed by atoms with Crippen LogP contribution in [0.4, 0.5) is 19.0 Å². The number of rotatable bonds is 3. The highest BCUT2D eigenvalue weighted by Gasteiger charge is 2.46. The van der Waals surface area contributed by atoms with E-state index in [0.29, 0.717) is 25.3 Å². The van der Waals surface area contributed by atoms with Gasteiger partial charge in [-0.05, 0) is 38.5 Å². The van der Waals surface area contributed by atoms with Crippen molar-refractivity contribution in [3.63, 3.8) is 0 Å². The van der Waals surface area contributed by atoms with Gasteiger partial charge in [-0.15, -0.1) is 0 Å². The molecule has 1 amide bonds. The number of hydrogen-bond acceptors (Lipinski definition) is 3. The lowest BCUT2D eigenvalue weighted by Gasteiger charge is -2.33. The number of carbonyl (C=O) groups excluding carboxylic acids is 1. The molecule has 3 heterocycles. The lowest BCUT2D eigenvalue weighted by atomic mass is 9.92. The zero-order valence-corrected chi connectivity index (χ0v) is 16.3. The first-order valence-electron chi connectivity index (χ1n) is 10.6. The Morgan fingerprint density at radius 2 is 1.89 bits per heavy atom. The van der Waals surface area contributed by atoms with Gasteiger partial charge in [-0.3, -0.25) is 4.79 Å². The molecule has 1 aromatic heterocycles. The van der Waals surface area contributed by atoms with E-state index in [9.17, 15) is 18.0 Å². The highest BCUT2D eigenvalue weighted by molar-refractivity contribution is 5.79. The number of anilines is 1. The normalized spacial score (nSPS) is 26.9. The Kier molecular flexibility index (Phi) is 5.31. The van der Waals surface area contributed by atoms with Crippen LogP contribution >= 0.6 is 0 Å². The van der Waals surface area contributed by atoms with E-state index in [0.717, 1.165) is 48.9 Å². The Hall–Kier alpha value is -1.73. The summed E-state index contributed by atoms with van der Waals surface area (Å²) in [6, 6.07) is 0.0423. The molecule has 1 saturated heterocycles. The number of carbonyl (C=O) groups is 1. The molecule has 2 aliphatic heterocycles. The summed E-state index contributed by atoms with van der Waals surface area (Å²) < 4.78 is 41.7. The van der Waals surface area contributed by atoms with Gasteiger partial charge in [0, 0.05) is 37.0 Å². The summed E-state index contributed by atoms with van der Waals surface area (Å²) in [5.41, 5.74) is 0.724. The van der Waals surface area contributed by atoms with E-state index in [2.05, 4.69) is 10.4 Å². The van der Waals surface area contributed by atoms with Crippen LogP contribution in [0.25, 0.3) is 0 Å². The minimum absolute atomic E-state index is 0.0163. The van der Waals surface area contributed by atoms with Crippen molar-refractivity contribution in [1.82, 2.24) is 14.7 Å².